The van der Waals surface area contributed by atoms with Crippen molar-refractivity contribution < 1.29 is 9.53 Å². The number of carbonyl (C=O) groups excluding carboxylic acids is 1. The molecule has 1 aromatic carbocycles. The molecular weight excluding hydrogens is 376 g/mol. The Kier molecular flexibility index (Phi) is 6.86. The van der Waals surface area contributed by atoms with Gasteiger partial charge in [0, 0.05) is 56.0 Å². The number of aromatic nitrogens is 2. The predicted molar refractivity (Wildman–Crippen MR) is 111 cm³/mol. The first-order valence-corrected chi connectivity index (χ1v) is 9.96. The monoisotopic (exact) mass is 402 g/mol. The number of amides is 1. The molecule has 0 unspecified atom stereocenters. The van der Waals surface area contributed by atoms with E-state index >= 15 is 0 Å². The van der Waals surface area contributed by atoms with Gasteiger partial charge in [-0.2, -0.15) is 0 Å². The Labute approximate surface area is 171 Å². The third-order valence-corrected chi connectivity index (χ3v) is 5.27. The molecule has 1 saturated heterocycles. The van der Waals surface area contributed by atoms with E-state index in [-0.39, 0.29) is 12.5 Å². The Hall–Kier alpha value is -2.18. The fourth-order valence-corrected chi connectivity index (χ4v) is 3.71. The number of ether oxygens (including phenoxy) is 1. The standard InChI is InChI=1S/C21H27ClN4O2/c1-15-19(13-17-5-7-18(22)8-6-17)21(24-16(2)23-15)26-10-4-9-25(11-12-26)20(27)14-28-3/h5-8H,4,9-14H2,1-3H3. The molecule has 7 heteroatoms. The summed E-state index contributed by atoms with van der Waals surface area (Å²) in [5.74, 6) is 1.78. The molecule has 1 amide bonds. The van der Waals surface area contributed by atoms with E-state index in [1.165, 1.54) is 5.56 Å². The maximum absolute atomic E-state index is 12.2. The number of rotatable bonds is 5. The number of hydrogen-bond donors (Lipinski definition) is 0. The van der Waals surface area contributed by atoms with Crippen LogP contribution >= 0.6 is 11.6 Å². The number of carbonyl (C=O) groups is 1. The largest absolute Gasteiger partial charge is 0.375 e. The highest BCUT2D eigenvalue weighted by Gasteiger charge is 2.23. The lowest BCUT2D eigenvalue weighted by Crippen LogP contribution is -2.37. The number of halogens is 1. The summed E-state index contributed by atoms with van der Waals surface area (Å²) in [6.45, 7) is 7.12. The van der Waals surface area contributed by atoms with Crippen LogP contribution in [0.1, 0.15) is 29.1 Å². The molecule has 150 valence electrons. The van der Waals surface area contributed by atoms with Crippen molar-refractivity contribution in [3.05, 3.63) is 51.9 Å². The van der Waals surface area contributed by atoms with E-state index in [1.807, 2.05) is 43.0 Å². The average molecular weight is 403 g/mol. The molecule has 1 aromatic heterocycles. The van der Waals surface area contributed by atoms with Crippen LogP contribution in [0.2, 0.25) is 5.02 Å². The summed E-state index contributed by atoms with van der Waals surface area (Å²) in [6.07, 6.45) is 1.65. The van der Waals surface area contributed by atoms with Gasteiger partial charge >= 0.3 is 0 Å². The molecule has 1 aliphatic heterocycles. The van der Waals surface area contributed by atoms with Crippen molar-refractivity contribution in [2.24, 2.45) is 0 Å². The molecule has 0 N–H and O–H groups in total. The fraction of sp³-hybridized carbons (Fsp3) is 0.476. The zero-order chi connectivity index (χ0) is 20.1. The summed E-state index contributed by atoms with van der Waals surface area (Å²) < 4.78 is 5.00. The molecule has 6 nitrogen and oxygen atoms in total. The van der Waals surface area contributed by atoms with Crippen LogP contribution < -0.4 is 4.90 Å². The topological polar surface area (TPSA) is 58.6 Å². The summed E-state index contributed by atoms with van der Waals surface area (Å²) in [5, 5.41) is 0.731. The Morgan fingerprint density at radius 1 is 1.11 bits per heavy atom. The molecular formula is C21H27ClN4O2. The lowest BCUT2D eigenvalue weighted by molar-refractivity contribution is -0.134. The van der Waals surface area contributed by atoms with Gasteiger partial charge in [0.1, 0.15) is 18.2 Å². The van der Waals surface area contributed by atoms with Gasteiger partial charge in [0.05, 0.1) is 0 Å². The molecule has 0 bridgehead atoms. The van der Waals surface area contributed by atoms with Gasteiger partial charge in [0.25, 0.3) is 0 Å². The quantitative estimate of drug-likeness (QED) is 0.769. The summed E-state index contributed by atoms with van der Waals surface area (Å²) in [7, 11) is 1.55. The van der Waals surface area contributed by atoms with Crippen molar-refractivity contribution in [3.8, 4) is 0 Å². The zero-order valence-corrected chi connectivity index (χ0v) is 17.5. The Morgan fingerprint density at radius 2 is 1.86 bits per heavy atom. The number of methoxy groups -OCH3 is 1. The Morgan fingerprint density at radius 3 is 2.57 bits per heavy atom. The minimum Gasteiger partial charge on any atom is -0.375 e. The lowest BCUT2D eigenvalue weighted by Gasteiger charge is -2.26. The van der Waals surface area contributed by atoms with Gasteiger partial charge in [-0.15, -0.1) is 0 Å². The molecule has 3 rings (SSSR count). The Bertz CT molecular complexity index is 826. The number of hydrogen-bond acceptors (Lipinski definition) is 5. The van der Waals surface area contributed by atoms with Crippen LogP contribution in [0.4, 0.5) is 5.82 Å². The second-order valence-corrected chi connectivity index (χ2v) is 7.55. The van der Waals surface area contributed by atoms with Crippen molar-refractivity contribution in [1.29, 1.82) is 0 Å². The first-order valence-electron chi connectivity index (χ1n) is 9.58. The molecule has 1 aliphatic rings. The second kappa shape index (κ2) is 9.34. The van der Waals surface area contributed by atoms with Crippen LogP contribution in [-0.4, -0.2) is 60.7 Å². The van der Waals surface area contributed by atoms with Gasteiger partial charge in [-0.3, -0.25) is 4.79 Å². The number of aryl methyl sites for hydroxylation is 2. The van der Waals surface area contributed by atoms with Gasteiger partial charge in [-0.1, -0.05) is 23.7 Å². The number of nitrogens with zero attached hydrogens (tertiary/aromatic N) is 4. The van der Waals surface area contributed by atoms with E-state index < -0.39 is 0 Å². The minimum absolute atomic E-state index is 0.0424. The first-order chi connectivity index (χ1) is 13.5. The van der Waals surface area contributed by atoms with E-state index in [2.05, 4.69) is 9.88 Å². The van der Waals surface area contributed by atoms with Crippen LogP contribution in [-0.2, 0) is 16.0 Å². The van der Waals surface area contributed by atoms with E-state index in [4.69, 9.17) is 21.3 Å². The number of benzene rings is 1. The van der Waals surface area contributed by atoms with Crippen molar-refractivity contribution in [1.82, 2.24) is 14.9 Å². The van der Waals surface area contributed by atoms with Gasteiger partial charge in [0.2, 0.25) is 5.91 Å². The summed E-state index contributed by atoms with van der Waals surface area (Å²) in [4.78, 5) is 25.7. The molecule has 2 heterocycles. The van der Waals surface area contributed by atoms with Crippen molar-refractivity contribution in [2.75, 3.05) is 44.8 Å². The molecule has 0 spiro atoms. The Balaban J connectivity index is 1.84. The highest BCUT2D eigenvalue weighted by atomic mass is 35.5. The smallest absolute Gasteiger partial charge is 0.248 e. The molecule has 0 aliphatic carbocycles. The highest BCUT2D eigenvalue weighted by molar-refractivity contribution is 6.30. The molecule has 0 atom stereocenters. The van der Waals surface area contributed by atoms with Crippen LogP contribution in [0.25, 0.3) is 0 Å². The molecule has 0 saturated carbocycles. The van der Waals surface area contributed by atoms with Gasteiger partial charge < -0.3 is 14.5 Å². The van der Waals surface area contributed by atoms with Gasteiger partial charge in [-0.05, 0) is 38.0 Å². The van der Waals surface area contributed by atoms with E-state index in [0.29, 0.717) is 6.54 Å². The normalized spacial score (nSPS) is 14.9. The van der Waals surface area contributed by atoms with E-state index in [1.54, 1.807) is 7.11 Å². The summed E-state index contributed by atoms with van der Waals surface area (Å²) in [5.41, 5.74) is 3.30. The van der Waals surface area contributed by atoms with Crippen molar-refractivity contribution in [2.45, 2.75) is 26.7 Å². The molecule has 28 heavy (non-hydrogen) atoms. The molecule has 0 radical (unpaired) electrons. The van der Waals surface area contributed by atoms with Crippen LogP contribution in [0.5, 0.6) is 0 Å². The predicted octanol–water partition coefficient (Wildman–Crippen LogP) is 3.02. The summed E-state index contributed by atoms with van der Waals surface area (Å²) in [6, 6.07) is 7.90. The van der Waals surface area contributed by atoms with Crippen LogP contribution in [0, 0.1) is 13.8 Å². The van der Waals surface area contributed by atoms with Crippen molar-refractivity contribution >= 4 is 23.3 Å². The second-order valence-electron chi connectivity index (χ2n) is 7.12. The van der Waals surface area contributed by atoms with Gasteiger partial charge in [0.15, 0.2) is 0 Å². The highest BCUT2D eigenvalue weighted by Crippen LogP contribution is 2.25. The molecule has 2 aromatic rings. The van der Waals surface area contributed by atoms with E-state index in [9.17, 15) is 4.79 Å². The van der Waals surface area contributed by atoms with Crippen LogP contribution in [0.3, 0.4) is 0 Å². The lowest BCUT2D eigenvalue weighted by atomic mass is 10.0. The molecule has 1 fully saturated rings. The third kappa shape index (κ3) is 5.00. The SMILES string of the molecule is COCC(=O)N1CCCN(c2nc(C)nc(C)c2Cc2ccc(Cl)cc2)CC1. The fourth-order valence-electron chi connectivity index (χ4n) is 3.59. The third-order valence-electron chi connectivity index (χ3n) is 5.01. The maximum atomic E-state index is 12.2. The van der Waals surface area contributed by atoms with Crippen LogP contribution in [0.15, 0.2) is 24.3 Å². The number of anilines is 1. The van der Waals surface area contributed by atoms with Crippen molar-refractivity contribution in [3.63, 3.8) is 0 Å². The maximum Gasteiger partial charge on any atom is 0.248 e. The van der Waals surface area contributed by atoms with E-state index in [0.717, 1.165) is 60.4 Å². The minimum atomic E-state index is 0.0424. The zero-order valence-electron chi connectivity index (χ0n) is 16.7. The average Bonchev–Trinajstić information content (AvgIpc) is 2.92. The summed E-state index contributed by atoms with van der Waals surface area (Å²) >= 11 is 6.03. The van der Waals surface area contributed by atoms with Gasteiger partial charge in [-0.25, -0.2) is 9.97 Å². The first kappa shape index (κ1) is 20.6.